The van der Waals surface area contributed by atoms with E-state index in [2.05, 4.69) is 46.3 Å². The van der Waals surface area contributed by atoms with E-state index in [0.717, 1.165) is 44.7 Å². The van der Waals surface area contributed by atoms with E-state index in [1.54, 1.807) is 11.3 Å². The molecule has 29 heavy (non-hydrogen) atoms. The number of hydrogen-bond donors (Lipinski definition) is 0. The van der Waals surface area contributed by atoms with Crippen molar-refractivity contribution in [3.8, 4) is 11.5 Å². The average Bonchev–Trinajstić information content (AvgIpc) is 3.37. The van der Waals surface area contributed by atoms with E-state index in [1.165, 1.54) is 11.1 Å². The molecule has 1 amide bonds. The minimum absolute atomic E-state index is 0.164. The van der Waals surface area contributed by atoms with Crippen LogP contribution in [0.1, 0.15) is 29.9 Å². The predicted octanol–water partition coefficient (Wildman–Crippen LogP) is 3.77. The van der Waals surface area contributed by atoms with E-state index in [9.17, 15) is 4.79 Å². The standard InChI is InChI=1S/C22H26N4O2S/c1-17-3-5-18(6-4-17)15-25-10-2-11-26(13-12-25)21(27)8-7-20-23-24-22(28-20)19-9-14-29-16-19/h3-6,9,14,16H,2,7-8,10-13,15H2,1H3. The Kier molecular flexibility index (Phi) is 6.36. The molecular formula is C22H26N4O2S. The van der Waals surface area contributed by atoms with Gasteiger partial charge in [-0.2, -0.15) is 11.3 Å². The maximum absolute atomic E-state index is 12.7. The van der Waals surface area contributed by atoms with Crippen LogP contribution in [0.15, 0.2) is 45.5 Å². The van der Waals surface area contributed by atoms with Crippen LogP contribution in [-0.2, 0) is 17.8 Å². The van der Waals surface area contributed by atoms with Gasteiger partial charge in [-0.05, 0) is 30.4 Å². The SMILES string of the molecule is Cc1ccc(CN2CCCN(C(=O)CCc3nnc(-c4ccsc4)o3)CC2)cc1. The zero-order chi connectivity index (χ0) is 20.1. The van der Waals surface area contributed by atoms with E-state index in [-0.39, 0.29) is 5.91 Å². The fraction of sp³-hybridized carbons (Fsp3) is 0.409. The van der Waals surface area contributed by atoms with Crippen molar-refractivity contribution in [3.05, 3.63) is 58.1 Å². The molecule has 4 rings (SSSR count). The third-order valence-electron chi connectivity index (χ3n) is 5.26. The Hall–Kier alpha value is -2.51. The van der Waals surface area contributed by atoms with Gasteiger partial charge in [0, 0.05) is 56.5 Å². The number of carbonyl (C=O) groups is 1. The van der Waals surface area contributed by atoms with Crippen molar-refractivity contribution >= 4 is 17.2 Å². The van der Waals surface area contributed by atoms with Crippen LogP contribution in [0.5, 0.6) is 0 Å². The number of thiophene rings is 1. The second-order valence-electron chi connectivity index (χ2n) is 7.51. The lowest BCUT2D eigenvalue weighted by atomic mass is 10.1. The van der Waals surface area contributed by atoms with Crippen molar-refractivity contribution < 1.29 is 9.21 Å². The lowest BCUT2D eigenvalue weighted by molar-refractivity contribution is -0.131. The first-order valence-corrected chi connectivity index (χ1v) is 11.0. The van der Waals surface area contributed by atoms with Gasteiger partial charge < -0.3 is 9.32 Å². The highest BCUT2D eigenvalue weighted by Gasteiger charge is 2.20. The molecule has 1 aliphatic rings. The summed E-state index contributed by atoms with van der Waals surface area (Å²) in [5.74, 6) is 1.21. The van der Waals surface area contributed by atoms with Gasteiger partial charge in [0.15, 0.2) is 0 Å². The molecule has 0 aliphatic carbocycles. The van der Waals surface area contributed by atoms with Crippen molar-refractivity contribution in [1.29, 1.82) is 0 Å². The minimum Gasteiger partial charge on any atom is -0.421 e. The van der Waals surface area contributed by atoms with E-state index < -0.39 is 0 Å². The Morgan fingerprint density at radius 2 is 1.97 bits per heavy atom. The summed E-state index contributed by atoms with van der Waals surface area (Å²) in [4.78, 5) is 17.1. The Balaban J connectivity index is 1.25. The molecule has 0 bridgehead atoms. The van der Waals surface area contributed by atoms with Gasteiger partial charge in [-0.3, -0.25) is 9.69 Å². The van der Waals surface area contributed by atoms with Crippen LogP contribution in [0, 0.1) is 6.92 Å². The molecule has 152 valence electrons. The summed E-state index contributed by atoms with van der Waals surface area (Å²) < 4.78 is 5.69. The van der Waals surface area contributed by atoms with Crippen LogP contribution in [0.4, 0.5) is 0 Å². The van der Waals surface area contributed by atoms with Crippen LogP contribution in [0.2, 0.25) is 0 Å². The first-order chi connectivity index (χ1) is 14.2. The molecule has 1 aliphatic heterocycles. The smallest absolute Gasteiger partial charge is 0.248 e. The van der Waals surface area contributed by atoms with E-state index in [0.29, 0.717) is 24.6 Å². The van der Waals surface area contributed by atoms with Crippen LogP contribution < -0.4 is 0 Å². The summed E-state index contributed by atoms with van der Waals surface area (Å²) in [6, 6.07) is 10.6. The summed E-state index contributed by atoms with van der Waals surface area (Å²) in [5, 5.41) is 12.1. The minimum atomic E-state index is 0.164. The third kappa shape index (κ3) is 5.31. The van der Waals surface area contributed by atoms with Crippen LogP contribution in [-0.4, -0.2) is 52.1 Å². The van der Waals surface area contributed by atoms with Gasteiger partial charge >= 0.3 is 0 Å². The van der Waals surface area contributed by atoms with Gasteiger partial charge in [0.25, 0.3) is 0 Å². The number of aryl methyl sites for hydroxylation is 2. The number of benzene rings is 1. The van der Waals surface area contributed by atoms with Gasteiger partial charge in [0.2, 0.25) is 17.7 Å². The van der Waals surface area contributed by atoms with E-state index in [4.69, 9.17) is 4.42 Å². The van der Waals surface area contributed by atoms with Crippen LogP contribution >= 0.6 is 11.3 Å². The van der Waals surface area contributed by atoms with Crippen molar-refractivity contribution in [2.24, 2.45) is 0 Å². The summed E-state index contributed by atoms with van der Waals surface area (Å²) in [6.45, 7) is 6.56. The molecule has 0 spiro atoms. The number of amides is 1. The molecule has 1 fully saturated rings. The molecule has 0 N–H and O–H groups in total. The van der Waals surface area contributed by atoms with Crippen molar-refractivity contribution in [2.75, 3.05) is 26.2 Å². The third-order valence-corrected chi connectivity index (χ3v) is 5.94. The zero-order valence-electron chi connectivity index (χ0n) is 16.7. The molecule has 3 heterocycles. The fourth-order valence-electron chi connectivity index (χ4n) is 3.56. The fourth-order valence-corrected chi connectivity index (χ4v) is 4.19. The highest BCUT2D eigenvalue weighted by atomic mass is 32.1. The molecule has 2 aromatic heterocycles. The number of carbonyl (C=O) groups excluding carboxylic acids is 1. The molecular weight excluding hydrogens is 384 g/mol. The second-order valence-corrected chi connectivity index (χ2v) is 8.29. The van der Waals surface area contributed by atoms with Crippen LogP contribution in [0.3, 0.4) is 0 Å². The number of rotatable bonds is 6. The molecule has 6 nitrogen and oxygen atoms in total. The normalized spacial score (nSPS) is 15.4. The second kappa shape index (κ2) is 9.33. The van der Waals surface area contributed by atoms with E-state index >= 15 is 0 Å². The Morgan fingerprint density at radius 1 is 1.10 bits per heavy atom. The molecule has 0 atom stereocenters. The van der Waals surface area contributed by atoms with Crippen molar-refractivity contribution in [3.63, 3.8) is 0 Å². The topological polar surface area (TPSA) is 62.5 Å². The molecule has 0 unspecified atom stereocenters. The van der Waals surface area contributed by atoms with Gasteiger partial charge in [-0.1, -0.05) is 29.8 Å². The molecule has 1 saturated heterocycles. The average molecular weight is 411 g/mol. The maximum atomic E-state index is 12.7. The summed E-state index contributed by atoms with van der Waals surface area (Å²) >= 11 is 1.59. The summed E-state index contributed by atoms with van der Waals surface area (Å²) in [6.07, 6.45) is 1.89. The monoisotopic (exact) mass is 410 g/mol. The molecule has 3 aromatic rings. The van der Waals surface area contributed by atoms with Gasteiger partial charge in [-0.15, -0.1) is 10.2 Å². The molecule has 0 radical (unpaired) electrons. The van der Waals surface area contributed by atoms with Crippen LogP contribution in [0.25, 0.3) is 11.5 Å². The van der Waals surface area contributed by atoms with Gasteiger partial charge in [-0.25, -0.2) is 0 Å². The predicted molar refractivity (Wildman–Crippen MR) is 114 cm³/mol. The molecule has 0 saturated carbocycles. The van der Waals surface area contributed by atoms with Gasteiger partial charge in [0.05, 0.1) is 0 Å². The highest BCUT2D eigenvalue weighted by Crippen LogP contribution is 2.21. The number of hydrogen-bond acceptors (Lipinski definition) is 6. The Bertz CT molecular complexity index is 921. The van der Waals surface area contributed by atoms with Crippen molar-refractivity contribution in [1.82, 2.24) is 20.0 Å². The maximum Gasteiger partial charge on any atom is 0.248 e. The Labute approximate surface area is 175 Å². The van der Waals surface area contributed by atoms with Crippen molar-refractivity contribution in [2.45, 2.75) is 32.7 Å². The first-order valence-electron chi connectivity index (χ1n) is 10.1. The van der Waals surface area contributed by atoms with Gasteiger partial charge in [0.1, 0.15) is 0 Å². The lowest BCUT2D eigenvalue weighted by Gasteiger charge is -2.22. The molecule has 1 aromatic carbocycles. The zero-order valence-corrected chi connectivity index (χ0v) is 17.5. The summed E-state index contributed by atoms with van der Waals surface area (Å²) in [7, 11) is 0. The largest absolute Gasteiger partial charge is 0.421 e. The number of nitrogens with zero attached hydrogens (tertiary/aromatic N) is 4. The summed E-state index contributed by atoms with van der Waals surface area (Å²) in [5.41, 5.74) is 3.54. The highest BCUT2D eigenvalue weighted by molar-refractivity contribution is 7.08. The first kappa shape index (κ1) is 19.8. The molecule has 7 heteroatoms. The number of aromatic nitrogens is 2. The quantitative estimate of drug-likeness (QED) is 0.619. The lowest BCUT2D eigenvalue weighted by Crippen LogP contribution is -2.35. The van der Waals surface area contributed by atoms with E-state index in [1.807, 2.05) is 21.7 Å². The Morgan fingerprint density at radius 3 is 2.76 bits per heavy atom.